The number of hydrogen-bond acceptors (Lipinski definition) is 4. The maximum atomic E-state index is 12.2. The van der Waals surface area contributed by atoms with Crippen molar-refractivity contribution in [1.82, 2.24) is 14.9 Å². The standard InChI is InChI=1S/C17H20N4O/c1-12-5-6-13(2)15(9-12)20-17-18-10-14(11-19-17)16(22)21-7-3-4-8-21/h5-6,9-11H,3-4,7-8H2,1-2H3,(H,18,19,20). The molecule has 3 rings (SSSR count). The van der Waals surface area contributed by atoms with Crippen molar-refractivity contribution in [1.29, 1.82) is 0 Å². The Morgan fingerprint density at radius 2 is 1.82 bits per heavy atom. The Bertz CT molecular complexity index is 676. The highest BCUT2D eigenvalue weighted by molar-refractivity contribution is 5.93. The van der Waals surface area contributed by atoms with E-state index in [1.54, 1.807) is 12.4 Å². The SMILES string of the molecule is Cc1ccc(C)c(Nc2ncc(C(=O)N3CCCC3)cn2)c1. The summed E-state index contributed by atoms with van der Waals surface area (Å²) in [6, 6.07) is 6.18. The van der Waals surface area contributed by atoms with E-state index in [0.717, 1.165) is 37.2 Å². The normalized spacial score (nSPS) is 14.2. The second-order valence-corrected chi connectivity index (χ2v) is 5.74. The molecular weight excluding hydrogens is 276 g/mol. The van der Waals surface area contributed by atoms with Gasteiger partial charge in [0, 0.05) is 31.2 Å². The topological polar surface area (TPSA) is 58.1 Å². The summed E-state index contributed by atoms with van der Waals surface area (Å²) in [4.78, 5) is 22.6. The number of amides is 1. The van der Waals surface area contributed by atoms with Crippen molar-refractivity contribution in [3.05, 3.63) is 47.3 Å². The van der Waals surface area contributed by atoms with Crippen molar-refractivity contribution >= 4 is 17.5 Å². The van der Waals surface area contributed by atoms with Gasteiger partial charge in [0.05, 0.1) is 5.56 Å². The molecule has 1 aliphatic rings. The van der Waals surface area contributed by atoms with Gasteiger partial charge in [-0.2, -0.15) is 0 Å². The monoisotopic (exact) mass is 296 g/mol. The van der Waals surface area contributed by atoms with Gasteiger partial charge in [-0.25, -0.2) is 9.97 Å². The number of carbonyl (C=O) groups is 1. The van der Waals surface area contributed by atoms with Gasteiger partial charge in [0.1, 0.15) is 0 Å². The molecule has 0 spiro atoms. The van der Waals surface area contributed by atoms with Crippen molar-refractivity contribution < 1.29 is 4.79 Å². The van der Waals surface area contributed by atoms with Crippen LogP contribution in [0.15, 0.2) is 30.6 Å². The average molecular weight is 296 g/mol. The van der Waals surface area contributed by atoms with Gasteiger partial charge in [0.15, 0.2) is 0 Å². The Morgan fingerprint density at radius 3 is 2.50 bits per heavy atom. The van der Waals surface area contributed by atoms with Crippen LogP contribution < -0.4 is 5.32 Å². The number of hydrogen-bond donors (Lipinski definition) is 1. The molecule has 0 saturated carbocycles. The molecule has 1 aromatic heterocycles. The van der Waals surface area contributed by atoms with E-state index in [-0.39, 0.29) is 5.91 Å². The smallest absolute Gasteiger partial charge is 0.256 e. The minimum Gasteiger partial charge on any atom is -0.339 e. The van der Waals surface area contributed by atoms with Gasteiger partial charge in [-0.1, -0.05) is 12.1 Å². The van der Waals surface area contributed by atoms with Gasteiger partial charge in [0.25, 0.3) is 5.91 Å². The maximum Gasteiger partial charge on any atom is 0.256 e. The summed E-state index contributed by atoms with van der Waals surface area (Å²) in [5, 5.41) is 3.20. The highest BCUT2D eigenvalue weighted by Crippen LogP contribution is 2.20. The van der Waals surface area contributed by atoms with Crippen LogP contribution in [0, 0.1) is 13.8 Å². The van der Waals surface area contributed by atoms with E-state index >= 15 is 0 Å². The molecule has 1 saturated heterocycles. The Morgan fingerprint density at radius 1 is 1.14 bits per heavy atom. The quantitative estimate of drug-likeness (QED) is 0.945. The lowest BCUT2D eigenvalue weighted by molar-refractivity contribution is 0.0792. The second-order valence-electron chi connectivity index (χ2n) is 5.74. The minimum absolute atomic E-state index is 0.0239. The van der Waals surface area contributed by atoms with Crippen LogP contribution in [0.25, 0.3) is 0 Å². The molecule has 1 aromatic carbocycles. The van der Waals surface area contributed by atoms with Crippen LogP contribution in [0.5, 0.6) is 0 Å². The summed E-state index contributed by atoms with van der Waals surface area (Å²) in [7, 11) is 0. The lowest BCUT2D eigenvalue weighted by atomic mass is 10.1. The Hall–Kier alpha value is -2.43. The molecular formula is C17H20N4O. The van der Waals surface area contributed by atoms with Gasteiger partial charge in [-0.3, -0.25) is 4.79 Å². The van der Waals surface area contributed by atoms with Crippen molar-refractivity contribution in [3.63, 3.8) is 0 Å². The van der Waals surface area contributed by atoms with Crippen molar-refractivity contribution in [3.8, 4) is 0 Å². The number of nitrogens with zero attached hydrogens (tertiary/aromatic N) is 3. The van der Waals surface area contributed by atoms with E-state index in [1.165, 1.54) is 5.56 Å². The van der Waals surface area contributed by atoms with Crippen LogP contribution in [0.2, 0.25) is 0 Å². The van der Waals surface area contributed by atoms with Crippen LogP contribution in [-0.2, 0) is 0 Å². The highest BCUT2D eigenvalue weighted by Gasteiger charge is 2.19. The zero-order valence-corrected chi connectivity index (χ0v) is 13.0. The summed E-state index contributed by atoms with van der Waals surface area (Å²) in [6.45, 7) is 5.75. The molecule has 22 heavy (non-hydrogen) atoms. The molecule has 1 amide bonds. The first-order valence-corrected chi connectivity index (χ1v) is 7.59. The van der Waals surface area contributed by atoms with Gasteiger partial charge in [-0.05, 0) is 43.9 Å². The molecule has 0 atom stereocenters. The summed E-state index contributed by atoms with van der Waals surface area (Å²) < 4.78 is 0. The molecule has 5 heteroatoms. The van der Waals surface area contributed by atoms with Gasteiger partial charge < -0.3 is 10.2 Å². The fourth-order valence-corrected chi connectivity index (χ4v) is 2.60. The predicted molar refractivity (Wildman–Crippen MR) is 86.4 cm³/mol. The van der Waals surface area contributed by atoms with Gasteiger partial charge >= 0.3 is 0 Å². The molecule has 1 fully saturated rings. The molecule has 1 aliphatic heterocycles. The number of rotatable bonds is 3. The lowest BCUT2D eigenvalue weighted by Gasteiger charge is -2.15. The van der Waals surface area contributed by atoms with E-state index in [1.807, 2.05) is 18.7 Å². The molecule has 0 bridgehead atoms. The number of nitrogens with one attached hydrogen (secondary N) is 1. The molecule has 5 nitrogen and oxygen atoms in total. The van der Waals surface area contributed by atoms with E-state index < -0.39 is 0 Å². The molecule has 1 N–H and O–H groups in total. The molecule has 0 unspecified atom stereocenters. The number of aryl methyl sites for hydroxylation is 2. The van der Waals surface area contributed by atoms with Crippen molar-refractivity contribution in [2.45, 2.75) is 26.7 Å². The average Bonchev–Trinajstić information content (AvgIpc) is 3.05. The zero-order valence-electron chi connectivity index (χ0n) is 13.0. The van der Waals surface area contributed by atoms with Gasteiger partial charge in [-0.15, -0.1) is 0 Å². The van der Waals surface area contributed by atoms with E-state index in [2.05, 4.69) is 33.5 Å². The summed E-state index contributed by atoms with van der Waals surface area (Å²) in [5.41, 5.74) is 3.84. The largest absolute Gasteiger partial charge is 0.339 e. The van der Waals surface area contributed by atoms with Crippen molar-refractivity contribution in [2.24, 2.45) is 0 Å². The first-order valence-electron chi connectivity index (χ1n) is 7.59. The molecule has 0 radical (unpaired) electrons. The lowest BCUT2D eigenvalue weighted by Crippen LogP contribution is -2.27. The van der Waals surface area contributed by atoms with Gasteiger partial charge in [0.2, 0.25) is 5.95 Å². The molecule has 114 valence electrons. The van der Waals surface area contributed by atoms with Crippen LogP contribution in [0.1, 0.15) is 34.3 Å². The Balaban J connectivity index is 1.74. The number of likely N-dealkylation sites (tertiary alicyclic amines) is 1. The number of anilines is 2. The number of benzene rings is 1. The fourth-order valence-electron chi connectivity index (χ4n) is 2.60. The second kappa shape index (κ2) is 6.13. The highest BCUT2D eigenvalue weighted by atomic mass is 16.2. The fraction of sp³-hybridized carbons (Fsp3) is 0.353. The Labute approximate surface area is 130 Å². The summed E-state index contributed by atoms with van der Waals surface area (Å²) >= 11 is 0. The van der Waals surface area contributed by atoms with Crippen LogP contribution in [-0.4, -0.2) is 33.9 Å². The van der Waals surface area contributed by atoms with E-state index in [4.69, 9.17) is 0 Å². The van der Waals surface area contributed by atoms with Crippen LogP contribution in [0.3, 0.4) is 0 Å². The third-order valence-corrected chi connectivity index (χ3v) is 3.93. The predicted octanol–water partition coefficient (Wildman–Crippen LogP) is 3.07. The van der Waals surface area contributed by atoms with Crippen LogP contribution in [0.4, 0.5) is 11.6 Å². The summed E-state index contributed by atoms with van der Waals surface area (Å²) in [6.07, 6.45) is 5.36. The Kier molecular flexibility index (Phi) is 4.04. The maximum absolute atomic E-state index is 12.2. The molecule has 2 aromatic rings. The first kappa shape index (κ1) is 14.5. The van der Waals surface area contributed by atoms with E-state index in [0.29, 0.717) is 11.5 Å². The number of aromatic nitrogens is 2. The van der Waals surface area contributed by atoms with E-state index in [9.17, 15) is 4.79 Å². The van der Waals surface area contributed by atoms with Crippen molar-refractivity contribution in [2.75, 3.05) is 18.4 Å². The third-order valence-electron chi connectivity index (χ3n) is 3.93. The minimum atomic E-state index is 0.0239. The zero-order chi connectivity index (χ0) is 15.5. The first-order chi connectivity index (χ1) is 10.6. The summed E-state index contributed by atoms with van der Waals surface area (Å²) in [5.74, 6) is 0.530. The van der Waals surface area contributed by atoms with Crippen LogP contribution >= 0.6 is 0 Å². The third kappa shape index (κ3) is 3.08. The number of carbonyl (C=O) groups excluding carboxylic acids is 1. The molecule has 0 aliphatic carbocycles. The molecule has 2 heterocycles.